The van der Waals surface area contributed by atoms with Crippen molar-refractivity contribution in [2.45, 2.75) is 38.0 Å². The van der Waals surface area contributed by atoms with Gasteiger partial charge in [0, 0.05) is 37.1 Å². The van der Waals surface area contributed by atoms with Gasteiger partial charge >= 0.3 is 0 Å². The van der Waals surface area contributed by atoms with Crippen LogP contribution in [-0.4, -0.2) is 0 Å². The minimum atomic E-state index is 0.624. The van der Waals surface area contributed by atoms with Gasteiger partial charge in [-0.2, -0.15) is 0 Å². The van der Waals surface area contributed by atoms with Crippen molar-refractivity contribution >= 4 is 59.3 Å². The fraction of sp³-hybridized carbons (Fsp3) is 0.130. The average molecular weight is 636 g/mol. The lowest BCUT2D eigenvalue weighted by Gasteiger charge is -2.29. The van der Waals surface area contributed by atoms with Gasteiger partial charge < -0.3 is 4.90 Å². The number of anilines is 3. The zero-order valence-corrected chi connectivity index (χ0v) is 27.8. The highest BCUT2D eigenvalue weighted by Gasteiger charge is 2.22. The number of hydrogen-bond donors (Lipinski definition) is 0. The summed E-state index contributed by atoms with van der Waals surface area (Å²) < 4.78 is 2.69. The number of para-hydroxylation sites is 2. The Hall–Kier alpha value is -5.18. The molecule has 0 saturated heterocycles. The van der Waals surface area contributed by atoms with E-state index in [2.05, 4.69) is 163 Å². The monoisotopic (exact) mass is 635 g/mol. The quantitative estimate of drug-likeness (QED) is 0.176. The number of fused-ring (bicyclic) bond motifs is 4. The lowest BCUT2D eigenvalue weighted by Crippen LogP contribution is -2.11. The van der Waals surface area contributed by atoms with Crippen LogP contribution in [0.1, 0.15) is 43.6 Å². The molecule has 48 heavy (non-hydrogen) atoms. The Morgan fingerprint density at radius 1 is 0.479 bits per heavy atom. The van der Waals surface area contributed by atoms with E-state index in [1.807, 2.05) is 11.3 Å². The first-order valence-electron chi connectivity index (χ1n) is 17.3. The van der Waals surface area contributed by atoms with Crippen LogP contribution in [0.15, 0.2) is 158 Å². The third kappa shape index (κ3) is 5.09. The van der Waals surface area contributed by atoms with Gasteiger partial charge in [-0.25, -0.2) is 0 Å². The fourth-order valence-corrected chi connectivity index (χ4v) is 9.25. The minimum absolute atomic E-state index is 0.624. The highest BCUT2D eigenvalue weighted by atomic mass is 32.1. The molecule has 1 aliphatic carbocycles. The Bertz CT molecular complexity index is 2370. The molecule has 1 saturated carbocycles. The summed E-state index contributed by atoms with van der Waals surface area (Å²) >= 11 is 1.89. The van der Waals surface area contributed by atoms with Gasteiger partial charge in [0.25, 0.3) is 0 Å². The van der Waals surface area contributed by atoms with Crippen molar-refractivity contribution < 1.29 is 0 Å². The summed E-state index contributed by atoms with van der Waals surface area (Å²) in [5, 5.41) is 5.41. The van der Waals surface area contributed by atoms with E-state index in [0.29, 0.717) is 5.92 Å². The van der Waals surface area contributed by atoms with Crippen LogP contribution in [-0.2, 0) is 0 Å². The number of rotatable bonds is 6. The van der Waals surface area contributed by atoms with Crippen molar-refractivity contribution in [1.82, 2.24) is 0 Å². The average Bonchev–Trinajstić information content (AvgIpc) is 3.55. The predicted molar refractivity (Wildman–Crippen MR) is 208 cm³/mol. The second-order valence-corrected chi connectivity index (χ2v) is 14.2. The predicted octanol–water partition coefficient (Wildman–Crippen LogP) is 14.1. The van der Waals surface area contributed by atoms with Gasteiger partial charge in [-0.3, -0.25) is 0 Å². The molecule has 0 unspecified atom stereocenters. The Labute approximate surface area is 286 Å². The zero-order chi connectivity index (χ0) is 31.9. The molecule has 0 bridgehead atoms. The maximum absolute atomic E-state index is 2.43. The molecule has 1 nitrogen and oxygen atoms in total. The molecule has 0 N–H and O–H groups in total. The summed E-state index contributed by atoms with van der Waals surface area (Å²) in [7, 11) is 0. The topological polar surface area (TPSA) is 3.24 Å². The van der Waals surface area contributed by atoms with Gasteiger partial charge in [0.1, 0.15) is 0 Å². The van der Waals surface area contributed by atoms with Crippen molar-refractivity contribution in [1.29, 1.82) is 0 Å². The molecule has 232 valence electrons. The highest BCUT2D eigenvalue weighted by Crippen LogP contribution is 2.46. The first-order valence-corrected chi connectivity index (χ1v) is 18.1. The van der Waals surface area contributed by atoms with Crippen molar-refractivity contribution in [3.8, 4) is 22.3 Å². The molecule has 0 aliphatic heterocycles. The maximum Gasteiger partial charge on any atom is 0.0540 e. The standard InChI is InChI=1S/C46H37NS/c1-3-14-32(15-4-1)37-22-11-16-34-17-12-24-41(45(34)37)39-20-7-9-26-43(39)47(35-18-5-2-6-19-35)36-30-28-33(29-31-36)38-23-13-25-42-40-21-8-10-27-44(40)48-46(38)42/h2,5-13,16-32H,1,3-4,14-15H2. The van der Waals surface area contributed by atoms with E-state index in [9.17, 15) is 0 Å². The third-order valence-electron chi connectivity index (χ3n) is 10.3. The summed E-state index contributed by atoms with van der Waals surface area (Å²) in [6.07, 6.45) is 6.59. The molecular weight excluding hydrogens is 599 g/mol. The molecule has 2 heteroatoms. The van der Waals surface area contributed by atoms with E-state index in [0.717, 1.165) is 11.4 Å². The molecule has 0 atom stereocenters. The largest absolute Gasteiger partial charge is 0.310 e. The SMILES string of the molecule is c1ccc(N(c2ccc(-c3cccc4c3sc3ccccc34)cc2)c2ccccc2-c2cccc3cccc(C4CCCCC4)c23)cc1. The van der Waals surface area contributed by atoms with Crippen molar-refractivity contribution in [3.05, 3.63) is 163 Å². The van der Waals surface area contributed by atoms with E-state index in [-0.39, 0.29) is 0 Å². The summed E-state index contributed by atoms with van der Waals surface area (Å²) in [5.41, 5.74) is 10.1. The van der Waals surface area contributed by atoms with Crippen molar-refractivity contribution in [3.63, 3.8) is 0 Å². The molecule has 8 aromatic rings. The van der Waals surface area contributed by atoms with Crippen LogP contribution in [0.4, 0.5) is 17.1 Å². The van der Waals surface area contributed by atoms with E-state index in [1.165, 1.54) is 96.6 Å². The molecular formula is C46H37NS. The van der Waals surface area contributed by atoms with E-state index >= 15 is 0 Å². The number of thiophene rings is 1. The lowest BCUT2D eigenvalue weighted by molar-refractivity contribution is 0.445. The molecule has 0 radical (unpaired) electrons. The van der Waals surface area contributed by atoms with Gasteiger partial charge in [-0.15, -0.1) is 11.3 Å². The van der Waals surface area contributed by atoms with Gasteiger partial charge in [0.15, 0.2) is 0 Å². The van der Waals surface area contributed by atoms with Crippen LogP contribution >= 0.6 is 11.3 Å². The summed E-state index contributed by atoms with van der Waals surface area (Å²) in [6.45, 7) is 0. The molecule has 1 aromatic heterocycles. The molecule has 1 heterocycles. The first kappa shape index (κ1) is 29.0. The Balaban J connectivity index is 1.19. The minimum Gasteiger partial charge on any atom is -0.310 e. The molecule has 0 spiro atoms. The van der Waals surface area contributed by atoms with Gasteiger partial charge in [-0.05, 0) is 88.2 Å². The van der Waals surface area contributed by atoms with Gasteiger partial charge in [-0.1, -0.05) is 141 Å². The second kappa shape index (κ2) is 12.4. The van der Waals surface area contributed by atoms with E-state index in [1.54, 1.807) is 0 Å². The van der Waals surface area contributed by atoms with Crippen LogP contribution in [0.5, 0.6) is 0 Å². The third-order valence-corrected chi connectivity index (χ3v) is 11.5. The Kier molecular flexibility index (Phi) is 7.52. The number of benzene rings is 7. The molecule has 7 aromatic carbocycles. The molecule has 1 aliphatic rings. The summed E-state index contributed by atoms with van der Waals surface area (Å²) in [5.74, 6) is 0.624. The first-order chi connectivity index (χ1) is 23.8. The maximum atomic E-state index is 2.43. The highest BCUT2D eigenvalue weighted by molar-refractivity contribution is 7.26. The molecule has 1 fully saturated rings. The van der Waals surface area contributed by atoms with Crippen molar-refractivity contribution in [2.75, 3.05) is 4.90 Å². The van der Waals surface area contributed by atoms with Crippen LogP contribution in [0, 0.1) is 0 Å². The molecule has 9 rings (SSSR count). The van der Waals surface area contributed by atoms with Crippen molar-refractivity contribution in [2.24, 2.45) is 0 Å². The lowest BCUT2D eigenvalue weighted by atomic mass is 9.80. The molecule has 0 amide bonds. The van der Waals surface area contributed by atoms with Gasteiger partial charge in [0.05, 0.1) is 5.69 Å². The second-order valence-electron chi connectivity index (χ2n) is 13.1. The number of hydrogen-bond acceptors (Lipinski definition) is 2. The number of nitrogens with zero attached hydrogens (tertiary/aromatic N) is 1. The Morgan fingerprint density at radius 3 is 1.98 bits per heavy atom. The fourth-order valence-electron chi connectivity index (χ4n) is 8.01. The van der Waals surface area contributed by atoms with Gasteiger partial charge in [0.2, 0.25) is 0 Å². The van der Waals surface area contributed by atoms with E-state index < -0.39 is 0 Å². The summed E-state index contributed by atoms with van der Waals surface area (Å²) in [6, 6.07) is 58.3. The smallest absolute Gasteiger partial charge is 0.0540 e. The zero-order valence-electron chi connectivity index (χ0n) is 27.0. The van der Waals surface area contributed by atoms with Crippen LogP contribution in [0.3, 0.4) is 0 Å². The van der Waals surface area contributed by atoms with Crippen LogP contribution < -0.4 is 4.90 Å². The van der Waals surface area contributed by atoms with Crippen LogP contribution in [0.2, 0.25) is 0 Å². The Morgan fingerprint density at radius 2 is 1.12 bits per heavy atom. The summed E-state index contributed by atoms with van der Waals surface area (Å²) in [4.78, 5) is 2.43. The van der Waals surface area contributed by atoms with Crippen LogP contribution in [0.25, 0.3) is 53.2 Å². The normalized spacial score (nSPS) is 13.8. The van der Waals surface area contributed by atoms with E-state index in [4.69, 9.17) is 0 Å².